The van der Waals surface area contributed by atoms with Crippen LogP contribution in [0.2, 0.25) is 0 Å². The van der Waals surface area contributed by atoms with Crippen molar-refractivity contribution in [2.45, 2.75) is 65.5 Å². The molecule has 4 aromatic rings. The molecule has 2 aliphatic heterocycles. The van der Waals surface area contributed by atoms with Crippen LogP contribution in [0.25, 0.3) is 16.6 Å². The molecule has 2 fully saturated rings. The molecule has 226 valence electrons. The zero-order chi connectivity index (χ0) is 30.1. The van der Waals surface area contributed by atoms with Crippen LogP contribution in [-0.4, -0.2) is 75.7 Å². The predicted molar refractivity (Wildman–Crippen MR) is 167 cm³/mol. The van der Waals surface area contributed by atoms with Gasteiger partial charge in [-0.2, -0.15) is 10.2 Å². The molecule has 9 nitrogen and oxygen atoms in total. The molecule has 1 atom stereocenters. The minimum Gasteiger partial charge on any atom is -0.494 e. The van der Waals surface area contributed by atoms with Crippen molar-refractivity contribution in [2.75, 3.05) is 42.6 Å². The van der Waals surface area contributed by atoms with Crippen molar-refractivity contribution in [3.63, 3.8) is 0 Å². The average molecular weight is 586 g/mol. The molecule has 0 bridgehead atoms. The number of piperidine rings is 1. The summed E-state index contributed by atoms with van der Waals surface area (Å²) in [5.74, 6) is 1.03. The molecule has 0 aliphatic carbocycles. The van der Waals surface area contributed by atoms with Gasteiger partial charge in [0, 0.05) is 56.4 Å². The number of anilines is 2. The summed E-state index contributed by atoms with van der Waals surface area (Å²) < 4.78 is 22.3. The highest BCUT2D eigenvalue weighted by atomic mass is 19.1. The van der Waals surface area contributed by atoms with Crippen LogP contribution < -0.4 is 14.5 Å². The number of carbonyl (C=O) groups is 1. The highest BCUT2D eigenvalue weighted by Gasteiger charge is 2.35. The van der Waals surface area contributed by atoms with E-state index in [1.54, 1.807) is 16.8 Å². The Morgan fingerprint density at radius 2 is 1.79 bits per heavy atom. The fourth-order valence-corrected chi connectivity index (χ4v) is 6.73. The third kappa shape index (κ3) is 5.56. The van der Waals surface area contributed by atoms with Crippen LogP contribution in [0.5, 0.6) is 5.75 Å². The second kappa shape index (κ2) is 12.3. The van der Waals surface area contributed by atoms with Gasteiger partial charge in [0.1, 0.15) is 17.0 Å². The number of halogens is 1. The lowest BCUT2D eigenvalue weighted by Crippen LogP contribution is -2.50. The van der Waals surface area contributed by atoms with Crippen LogP contribution in [-0.2, 0) is 4.79 Å². The van der Waals surface area contributed by atoms with Crippen LogP contribution in [0.1, 0.15) is 50.9 Å². The number of rotatable bonds is 8. The SMILES string of the molecule is CCOc1ccc(-n2nc3c(N4CC[C@H](N5CCC(N(C(=O)CC)c6ccccc6)CC5)C4)nnc(C)c3c2C)c(F)c1. The number of nitrogens with zero attached hydrogens (tertiary/aromatic N) is 7. The largest absolute Gasteiger partial charge is 0.494 e. The third-order valence-corrected chi connectivity index (χ3v) is 8.89. The molecular formula is C33H40FN7O2. The maximum absolute atomic E-state index is 15.2. The second-order valence-corrected chi connectivity index (χ2v) is 11.5. The van der Waals surface area contributed by atoms with Crippen molar-refractivity contribution in [1.82, 2.24) is 24.9 Å². The summed E-state index contributed by atoms with van der Waals surface area (Å²) in [7, 11) is 0. The fourth-order valence-electron chi connectivity index (χ4n) is 6.73. The number of benzene rings is 2. The van der Waals surface area contributed by atoms with E-state index < -0.39 is 5.82 Å². The van der Waals surface area contributed by atoms with E-state index in [1.807, 2.05) is 62.9 Å². The first-order valence-electron chi connectivity index (χ1n) is 15.4. The number of hydrogen-bond donors (Lipinski definition) is 0. The van der Waals surface area contributed by atoms with Crippen molar-refractivity contribution >= 4 is 28.3 Å². The number of ether oxygens (including phenoxy) is 1. The molecule has 2 saturated heterocycles. The Hall–Kier alpha value is -4.05. The van der Waals surface area contributed by atoms with Gasteiger partial charge in [-0.05, 0) is 64.3 Å². The Morgan fingerprint density at radius 1 is 1.02 bits per heavy atom. The van der Waals surface area contributed by atoms with E-state index in [0.29, 0.717) is 30.5 Å². The van der Waals surface area contributed by atoms with Crippen LogP contribution in [0, 0.1) is 19.7 Å². The van der Waals surface area contributed by atoms with E-state index in [0.717, 1.165) is 79.2 Å². The average Bonchev–Trinajstić information content (AvgIpc) is 3.64. The van der Waals surface area contributed by atoms with Crippen LogP contribution >= 0.6 is 0 Å². The molecule has 0 unspecified atom stereocenters. The summed E-state index contributed by atoms with van der Waals surface area (Å²) in [5, 5.41) is 14.9. The third-order valence-electron chi connectivity index (χ3n) is 8.89. The molecule has 4 heterocycles. The molecule has 43 heavy (non-hydrogen) atoms. The van der Waals surface area contributed by atoms with Gasteiger partial charge < -0.3 is 14.5 Å². The summed E-state index contributed by atoms with van der Waals surface area (Å²) in [6.07, 6.45) is 3.41. The number of amides is 1. The van der Waals surface area contributed by atoms with Crippen LogP contribution in [0.4, 0.5) is 15.9 Å². The Labute approximate surface area is 252 Å². The van der Waals surface area contributed by atoms with Crippen molar-refractivity contribution in [3.8, 4) is 11.4 Å². The molecule has 0 radical (unpaired) electrons. The molecule has 0 saturated carbocycles. The monoisotopic (exact) mass is 585 g/mol. The minimum absolute atomic E-state index is 0.179. The van der Waals surface area contributed by atoms with E-state index in [-0.39, 0.29) is 11.9 Å². The zero-order valence-corrected chi connectivity index (χ0v) is 25.5. The van der Waals surface area contributed by atoms with Gasteiger partial charge in [0.25, 0.3) is 0 Å². The van der Waals surface area contributed by atoms with Crippen molar-refractivity contribution in [1.29, 1.82) is 0 Å². The normalized spacial score (nSPS) is 18.0. The first-order valence-corrected chi connectivity index (χ1v) is 15.4. The molecular weight excluding hydrogens is 545 g/mol. The van der Waals surface area contributed by atoms with E-state index >= 15 is 4.39 Å². The van der Waals surface area contributed by atoms with Crippen LogP contribution in [0.3, 0.4) is 0 Å². The summed E-state index contributed by atoms with van der Waals surface area (Å²) in [6, 6.07) is 15.5. The van der Waals surface area contributed by atoms with Gasteiger partial charge in [0.05, 0.1) is 23.4 Å². The number of fused-ring (bicyclic) bond motifs is 1. The first kappa shape index (κ1) is 29.0. The number of aromatic nitrogens is 4. The minimum atomic E-state index is -0.391. The van der Waals surface area contributed by atoms with E-state index in [9.17, 15) is 4.79 Å². The highest BCUT2D eigenvalue weighted by molar-refractivity contribution is 5.94. The Kier molecular flexibility index (Phi) is 8.30. The molecule has 0 spiro atoms. The van der Waals surface area contributed by atoms with Gasteiger partial charge in [-0.25, -0.2) is 9.07 Å². The smallest absolute Gasteiger partial charge is 0.226 e. The first-order chi connectivity index (χ1) is 20.9. The van der Waals surface area contributed by atoms with Crippen LogP contribution in [0.15, 0.2) is 48.5 Å². The fraction of sp³-hybridized carbons (Fsp3) is 0.455. The van der Waals surface area contributed by atoms with Gasteiger partial charge in [0.15, 0.2) is 11.6 Å². The van der Waals surface area contributed by atoms with E-state index in [4.69, 9.17) is 9.84 Å². The summed E-state index contributed by atoms with van der Waals surface area (Å²) >= 11 is 0. The van der Waals surface area contributed by atoms with Gasteiger partial charge in [-0.3, -0.25) is 9.69 Å². The molecule has 0 N–H and O–H groups in total. The Balaban J connectivity index is 1.19. The quantitative estimate of drug-likeness (QED) is 0.272. The van der Waals surface area contributed by atoms with Crippen molar-refractivity contribution < 1.29 is 13.9 Å². The summed E-state index contributed by atoms with van der Waals surface area (Å²) in [6.45, 7) is 11.7. The standard InChI is InChI=1S/C33H40FN7O2/c1-5-30(42)40(24-10-8-7-9-11-24)25-14-17-38(18-15-25)26-16-19-39(21-26)33-32-31(22(3)35-36-33)23(4)41(37-32)29-13-12-27(43-6-2)20-28(29)34/h7-13,20,25-26H,5-6,14-19,21H2,1-4H3/t26-/m0/s1. The number of aryl methyl sites for hydroxylation is 2. The van der Waals surface area contributed by atoms with E-state index in [2.05, 4.69) is 20.0 Å². The van der Waals surface area contributed by atoms with Crippen molar-refractivity contribution in [2.24, 2.45) is 0 Å². The zero-order valence-electron chi connectivity index (χ0n) is 25.5. The molecule has 2 aromatic heterocycles. The number of para-hydroxylation sites is 1. The summed E-state index contributed by atoms with van der Waals surface area (Å²) in [5.41, 5.74) is 3.71. The maximum Gasteiger partial charge on any atom is 0.226 e. The molecule has 6 rings (SSSR count). The van der Waals surface area contributed by atoms with Gasteiger partial charge >= 0.3 is 0 Å². The number of likely N-dealkylation sites (tertiary alicyclic amines) is 1. The Bertz CT molecular complexity index is 1600. The highest BCUT2D eigenvalue weighted by Crippen LogP contribution is 2.34. The summed E-state index contributed by atoms with van der Waals surface area (Å²) in [4.78, 5) is 19.8. The van der Waals surface area contributed by atoms with Gasteiger partial charge in [-0.15, -0.1) is 5.10 Å². The maximum atomic E-state index is 15.2. The number of carbonyl (C=O) groups excluding carboxylic acids is 1. The topological polar surface area (TPSA) is 79.6 Å². The molecule has 2 aromatic carbocycles. The number of hydrogen-bond acceptors (Lipinski definition) is 7. The molecule has 10 heteroatoms. The second-order valence-electron chi connectivity index (χ2n) is 11.5. The predicted octanol–water partition coefficient (Wildman–Crippen LogP) is 5.46. The lowest BCUT2D eigenvalue weighted by atomic mass is 9.99. The molecule has 1 amide bonds. The lowest BCUT2D eigenvalue weighted by molar-refractivity contribution is -0.119. The van der Waals surface area contributed by atoms with Gasteiger partial charge in [-0.1, -0.05) is 25.1 Å². The van der Waals surface area contributed by atoms with E-state index in [1.165, 1.54) is 6.07 Å². The Morgan fingerprint density at radius 3 is 2.49 bits per heavy atom. The van der Waals surface area contributed by atoms with Crippen molar-refractivity contribution in [3.05, 3.63) is 65.7 Å². The molecule has 2 aliphatic rings. The lowest BCUT2D eigenvalue weighted by Gasteiger charge is -2.40. The van der Waals surface area contributed by atoms with Gasteiger partial charge in [0.2, 0.25) is 5.91 Å².